The molecule has 7 nitrogen and oxygen atoms in total. The summed E-state index contributed by atoms with van der Waals surface area (Å²) < 4.78 is 0. The van der Waals surface area contributed by atoms with E-state index in [0.717, 1.165) is 22.5 Å². The molecule has 4 aromatic rings. The van der Waals surface area contributed by atoms with Crippen LogP contribution in [0.3, 0.4) is 0 Å². The highest BCUT2D eigenvalue weighted by atomic mass is 35.5. The highest BCUT2D eigenvalue weighted by molar-refractivity contribution is 7.80. The average molecular weight is 475 g/mol. The van der Waals surface area contributed by atoms with Crippen molar-refractivity contribution in [3.8, 4) is 11.3 Å². The molecular weight excluding hydrogens is 456 g/mol. The minimum atomic E-state index is -0.385. The van der Waals surface area contributed by atoms with Gasteiger partial charge in [0.05, 0.1) is 16.3 Å². The van der Waals surface area contributed by atoms with Crippen LogP contribution in [-0.2, 0) is 0 Å². The van der Waals surface area contributed by atoms with Crippen LogP contribution >= 0.6 is 23.8 Å². The van der Waals surface area contributed by atoms with E-state index in [1.165, 1.54) is 0 Å². The van der Waals surface area contributed by atoms with E-state index in [0.29, 0.717) is 22.2 Å². The van der Waals surface area contributed by atoms with Crippen LogP contribution in [0.2, 0.25) is 5.02 Å². The summed E-state index contributed by atoms with van der Waals surface area (Å²) in [6.45, 7) is 1.97. The Morgan fingerprint density at radius 2 is 1.88 bits per heavy atom. The Kier molecular flexibility index (Phi) is 6.87. The fraction of sp³-hybridized carbons (Fsp3) is 0.0417. The van der Waals surface area contributed by atoms with Gasteiger partial charge in [-0.2, -0.15) is 0 Å². The third-order valence-corrected chi connectivity index (χ3v) is 5.23. The van der Waals surface area contributed by atoms with Gasteiger partial charge in [-0.1, -0.05) is 29.8 Å². The van der Waals surface area contributed by atoms with Gasteiger partial charge in [0.25, 0.3) is 5.91 Å². The molecule has 3 N–H and O–H groups in total. The van der Waals surface area contributed by atoms with Gasteiger partial charge in [-0.15, -0.1) is 0 Å². The molecule has 0 radical (unpaired) electrons. The van der Waals surface area contributed by atoms with E-state index < -0.39 is 0 Å². The molecule has 0 aliphatic heterocycles. The van der Waals surface area contributed by atoms with Crippen molar-refractivity contribution in [2.75, 3.05) is 10.6 Å². The molecule has 0 saturated carbocycles. The van der Waals surface area contributed by atoms with Gasteiger partial charge in [0.2, 0.25) is 5.95 Å². The standard InChI is InChI=1S/C24H19ClN6OS/c1-15-8-9-17(28-24(33)31-22(32)18-6-2-3-7-19(18)25)13-21(15)30-23-27-12-10-20(29-23)16-5-4-11-26-14-16/h2-14H,1H3,(H,27,29,30)(H2,28,31,32,33). The van der Waals surface area contributed by atoms with E-state index in [9.17, 15) is 4.79 Å². The van der Waals surface area contributed by atoms with E-state index in [4.69, 9.17) is 23.8 Å². The molecule has 0 fully saturated rings. The smallest absolute Gasteiger partial charge is 0.258 e. The fourth-order valence-electron chi connectivity index (χ4n) is 3.03. The molecule has 2 aromatic heterocycles. The number of hydrogen-bond donors (Lipinski definition) is 3. The molecule has 33 heavy (non-hydrogen) atoms. The molecule has 0 aliphatic rings. The molecule has 2 heterocycles. The molecule has 1 amide bonds. The summed E-state index contributed by atoms with van der Waals surface area (Å²) in [5.74, 6) is 0.0652. The average Bonchev–Trinajstić information content (AvgIpc) is 2.82. The second-order valence-electron chi connectivity index (χ2n) is 7.05. The number of aromatic nitrogens is 3. The lowest BCUT2D eigenvalue weighted by molar-refractivity contribution is 0.0978. The monoisotopic (exact) mass is 474 g/mol. The summed E-state index contributed by atoms with van der Waals surface area (Å²) in [6, 6.07) is 18.0. The summed E-state index contributed by atoms with van der Waals surface area (Å²) in [5.41, 5.74) is 4.48. The number of anilines is 3. The number of carbonyl (C=O) groups excluding carboxylic acids is 1. The van der Waals surface area contributed by atoms with E-state index in [2.05, 4.69) is 30.9 Å². The Morgan fingerprint density at radius 3 is 2.67 bits per heavy atom. The van der Waals surface area contributed by atoms with Gasteiger partial charge >= 0.3 is 0 Å². The van der Waals surface area contributed by atoms with Crippen LogP contribution < -0.4 is 16.0 Å². The predicted molar refractivity (Wildman–Crippen MR) is 135 cm³/mol. The number of aryl methyl sites for hydroxylation is 1. The number of pyridine rings is 1. The van der Waals surface area contributed by atoms with Crippen LogP contribution in [0.1, 0.15) is 15.9 Å². The van der Waals surface area contributed by atoms with Crippen LogP contribution in [0.4, 0.5) is 17.3 Å². The van der Waals surface area contributed by atoms with Crippen molar-refractivity contribution in [1.29, 1.82) is 0 Å². The maximum absolute atomic E-state index is 12.4. The first-order chi connectivity index (χ1) is 16.0. The summed E-state index contributed by atoms with van der Waals surface area (Å²) in [5, 5.41) is 9.41. The normalized spacial score (nSPS) is 10.4. The van der Waals surface area contributed by atoms with Crippen molar-refractivity contribution in [1.82, 2.24) is 20.3 Å². The zero-order chi connectivity index (χ0) is 23.2. The van der Waals surface area contributed by atoms with Gasteiger partial charge in [-0.25, -0.2) is 9.97 Å². The molecule has 0 aliphatic carbocycles. The first kappa shape index (κ1) is 22.3. The van der Waals surface area contributed by atoms with Crippen molar-refractivity contribution in [3.63, 3.8) is 0 Å². The SMILES string of the molecule is Cc1ccc(NC(=S)NC(=O)c2ccccc2Cl)cc1Nc1nccc(-c2cccnc2)n1. The number of nitrogens with zero attached hydrogens (tertiary/aromatic N) is 3. The number of rotatable bonds is 5. The molecule has 0 spiro atoms. The second-order valence-corrected chi connectivity index (χ2v) is 7.87. The summed E-state index contributed by atoms with van der Waals surface area (Å²) in [7, 11) is 0. The lowest BCUT2D eigenvalue weighted by atomic mass is 10.2. The third-order valence-electron chi connectivity index (χ3n) is 4.70. The Bertz CT molecular complexity index is 1320. The maximum Gasteiger partial charge on any atom is 0.258 e. The number of carbonyl (C=O) groups is 1. The summed E-state index contributed by atoms with van der Waals surface area (Å²) in [4.78, 5) is 25.4. The summed E-state index contributed by atoms with van der Waals surface area (Å²) in [6.07, 6.45) is 5.15. The Morgan fingerprint density at radius 1 is 1.03 bits per heavy atom. The van der Waals surface area contributed by atoms with Gasteiger partial charge in [0.15, 0.2) is 5.11 Å². The zero-order valence-corrected chi connectivity index (χ0v) is 19.1. The van der Waals surface area contributed by atoms with Crippen molar-refractivity contribution >= 4 is 52.2 Å². The number of thiocarbonyl (C=S) groups is 1. The highest BCUT2D eigenvalue weighted by Crippen LogP contribution is 2.24. The van der Waals surface area contributed by atoms with Gasteiger partial charge in [-0.05, 0) is 67.2 Å². The molecule has 0 unspecified atom stereocenters. The quantitative estimate of drug-likeness (QED) is 0.335. The van der Waals surface area contributed by atoms with Crippen LogP contribution in [0, 0.1) is 6.92 Å². The third kappa shape index (κ3) is 5.68. The molecule has 2 aromatic carbocycles. The topological polar surface area (TPSA) is 91.8 Å². The first-order valence-corrected chi connectivity index (χ1v) is 10.8. The molecule has 0 atom stereocenters. The number of amides is 1. The second kappa shape index (κ2) is 10.2. The largest absolute Gasteiger partial charge is 0.332 e. The molecular formula is C24H19ClN6OS. The van der Waals surface area contributed by atoms with Gasteiger partial charge in [0.1, 0.15) is 0 Å². The van der Waals surface area contributed by atoms with Crippen molar-refractivity contribution in [2.24, 2.45) is 0 Å². The molecule has 0 bridgehead atoms. The van der Waals surface area contributed by atoms with E-state index >= 15 is 0 Å². The van der Waals surface area contributed by atoms with Crippen LogP contribution in [0.15, 0.2) is 79.3 Å². The minimum absolute atomic E-state index is 0.157. The number of hydrogen-bond acceptors (Lipinski definition) is 6. The van der Waals surface area contributed by atoms with Crippen molar-refractivity contribution in [3.05, 3.63) is 95.4 Å². The number of benzene rings is 2. The summed E-state index contributed by atoms with van der Waals surface area (Å²) >= 11 is 11.4. The first-order valence-electron chi connectivity index (χ1n) is 9.97. The van der Waals surface area contributed by atoms with Crippen molar-refractivity contribution in [2.45, 2.75) is 6.92 Å². The van der Waals surface area contributed by atoms with Gasteiger partial charge in [0, 0.05) is 35.5 Å². The van der Waals surface area contributed by atoms with Crippen LogP contribution in [-0.4, -0.2) is 26.0 Å². The molecule has 9 heteroatoms. The zero-order valence-electron chi connectivity index (χ0n) is 17.5. The maximum atomic E-state index is 12.4. The van der Waals surface area contributed by atoms with Gasteiger partial charge < -0.3 is 10.6 Å². The lowest BCUT2D eigenvalue weighted by Crippen LogP contribution is -2.34. The lowest BCUT2D eigenvalue weighted by Gasteiger charge is -2.14. The Balaban J connectivity index is 1.46. The minimum Gasteiger partial charge on any atom is -0.332 e. The van der Waals surface area contributed by atoms with Crippen LogP contribution in [0.25, 0.3) is 11.3 Å². The Hall–Kier alpha value is -3.88. The van der Waals surface area contributed by atoms with E-state index in [-0.39, 0.29) is 11.0 Å². The van der Waals surface area contributed by atoms with E-state index in [1.54, 1.807) is 42.9 Å². The van der Waals surface area contributed by atoms with Crippen LogP contribution in [0.5, 0.6) is 0 Å². The molecule has 4 rings (SSSR count). The van der Waals surface area contributed by atoms with Gasteiger partial charge in [-0.3, -0.25) is 15.1 Å². The Labute approximate surface area is 201 Å². The fourth-order valence-corrected chi connectivity index (χ4v) is 3.46. The molecule has 0 saturated heterocycles. The molecule has 164 valence electrons. The number of nitrogens with one attached hydrogen (secondary N) is 3. The predicted octanol–water partition coefficient (Wildman–Crippen LogP) is 5.37. The number of halogens is 1. The van der Waals surface area contributed by atoms with Crippen molar-refractivity contribution < 1.29 is 4.79 Å². The highest BCUT2D eigenvalue weighted by Gasteiger charge is 2.12. The van der Waals surface area contributed by atoms with E-state index in [1.807, 2.05) is 43.3 Å².